The maximum absolute atomic E-state index is 13.7. The standard InChI is InChI=1S/C17H16F2O/c1-10(2)12-4-6-13(7-5-12)17(20)14-8-11(3)15(18)9-16(14)19/h4-10H,1-3H3. The van der Waals surface area contributed by atoms with E-state index in [0.717, 1.165) is 11.6 Å². The van der Waals surface area contributed by atoms with Crippen molar-refractivity contribution < 1.29 is 13.6 Å². The van der Waals surface area contributed by atoms with Crippen LogP contribution in [0.25, 0.3) is 0 Å². The van der Waals surface area contributed by atoms with Crippen molar-refractivity contribution in [2.45, 2.75) is 26.7 Å². The largest absolute Gasteiger partial charge is 0.288 e. The lowest BCUT2D eigenvalue weighted by molar-refractivity contribution is 0.103. The Kier molecular flexibility index (Phi) is 3.98. The van der Waals surface area contributed by atoms with Gasteiger partial charge in [0.15, 0.2) is 5.78 Å². The highest BCUT2D eigenvalue weighted by Crippen LogP contribution is 2.20. The lowest BCUT2D eigenvalue weighted by Gasteiger charge is -2.08. The molecule has 0 heterocycles. The number of hydrogen-bond donors (Lipinski definition) is 0. The summed E-state index contributed by atoms with van der Waals surface area (Å²) in [6.07, 6.45) is 0. The third kappa shape index (κ3) is 2.77. The van der Waals surface area contributed by atoms with Crippen LogP contribution in [-0.2, 0) is 0 Å². The van der Waals surface area contributed by atoms with Gasteiger partial charge in [0.25, 0.3) is 0 Å². The first-order chi connectivity index (χ1) is 9.40. The van der Waals surface area contributed by atoms with E-state index >= 15 is 0 Å². The van der Waals surface area contributed by atoms with E-state index in [4.69, 9.17) is 0 Å². The van der Waals surface area contributed by atoms with Crippen LogP contribution in [0, 0.1) is 18.6 Å². The predicted molar refractivity (Wildman–Crippen MR) is 75.1 cm³/mol. The topological polar surface area (TPSA) is 17.1 Å². The fourth-order valence-electron chi connectivity index (χ4n) is 2.01. The second kappa shape index (κ2) is 5.53. The van der Waals surface area contributed by atoms with Crippen LogP contribution in [0.2, 0.25) is 0 Å². The van der Waals surface area contributed by atoms with Crippen LogP contribution in [0.5, 0.6) is 0 Å². The van der Waals surface area contributed by atoms with E-state index in [1.165, 1.54) is 13.0 Å². The molecule has 20 heavy (non-hydrogen) atoms. The van der Waals surface area contributed by atoms with Crippen LogP contribution in [0.3, 0.4) is 0 Å². The lowest BCUT2D eigenvalue weighted by Crippen LogP contribution is -2.06. The molecule has 2 aromatic carbocycles. The quantitative estimate of drug-likeness (QED) is 0.746. The van der Waals surface area contributed by atoms with Crippen LogP contribution in [0.1, 0.15) is 46.8 Å². The number of halogens is 2. The predicted octanol–water partition coefficient (Wildman–Crippen LogP) is 4.63. The molecular weight excluding hydrogens is 258 g/mol. The third-order valence-corrected chi connectivity index (χ3v) is 3.33. The Hall–Kier alpha value is -2.03. The van der Waals surface area contributed by atoms with Gasteiger partial charge in [0.2, 0.25) is 0 Å². The molecule has 0 aromatic heterocycles. The highest BCUT2D eigenvalue weighted by atomic mass is 19.1. The van der Waals surface area contributed by atoms with Crippen LogP contribution in [-0.4, -0.2) is 5.78 Å². The second-order valence-corrected chi connectivity index (χ2v) is 5.19. The van der Waals surface area contributed by atoms with Gasteiger partial charge in [0, 0.05) is 11.6 Å². The SMILES string of the molecule is Cc1cc(C(=O)c2ccc(C(C)C)cc2)c(F)cc1F. The van der Waals surface area contributed by atoms with E-state index in [9.17, 15) is 13.6 Å². The Morgan fingerprint density at radius 2 is 1.60 bits per heavy atom. The Bertz CT molecular complexity index is 643. The molecule has 0 bridgehead atoms. The molecule has 0 unspecified atom stereocenters. The molecular formula is C17H16F2O. The van der Waals surface area contributed by atoms with E-state index in [0.29, 0.717) is 11.5 Å². The first kappa shape index (κ1) is 14.4. The highest BCUT2D eigenvalue weighted by molar-refractivity contribution is 6.09. The summed E-state index contributed by atoms with van der Waals surface area (Å²) in [6, 6.07) is 9.07. The van der Waals surface area contributed by atoms with Crippen LogP contribution in [0.15, 0.2) is 36.4 Å². The molecule has 0 atom stereocenters. The molecule has 3 heteroatoms. The molecule has 2 rings (SSSR count). The number of hydrogen-bond acceptors (Lipinski definition) is 1. The van der Waals surface area contributed by atoms with Crippen molar-refractivity contribution in [1.82, 2.24) is 0 Å². The maximum atomic E-state index is 13.7. The van der Waals surface area contributed by atoms with Gasteiger partial charge >= 0.3 is 0 Å². The number of carbonyl (C=O) groups excluding carboxylic acids is 1. The molecule has 104 valence electrons. The fraction of sp³-hybridized carbons (Fsp3) is 0.235. The number of ketones is 1. The summed E-state index contributed by atoms with van der Waals surface area (Å²) in [5.74, 6) is -1.54. The van der Waals surface area contributed by atoms with Crippen molar-refractivity contribution >= 4 is 5.78 Å². The van der Waals surface area contributed by atoms with Gasteiger partial charge in [0.1, 0.15) is 11.6 Å². The van der Waals surface area contributed by atoms with Crippen molar-refractivity contribution in [2.24, 2.45) is 0 Å². The zero-order valence-corrected chi connectivity index (χ0v) is 11.7. The lowest BCUT2D eigenvalue weighted by atomic mass is 9.97. The molecule has 0 aliphatic heterocycles. The van der Waals surface area contributed by atoms with Crippen molar-refractivity contribution in [3.05, 3.63) is 70.3 Å². The Labute approximate surface area is 117 Å². The first-order valence-electron chi connectivity index (χ1n) is 6.50. The van der Waals surface area contributed by atoms with Crippen molar-refractivity contribution in [2.75, 3.05) is 0 Å². The van der Waals surface area contributed by atoms with E-state index in [1.807, 2.05) is 12.1 Å². The molecule has 0 radical (unpaired) electrons. The highest BCUT2D eigenvalue weighted by Gasteiger charge is 2.16. The van der Waals surface area contributed by atoms with E-state index in [2.05, 4.69) is 13.8 Å². The van der Waals surface area contributed by atoms with E-state index in [-0.39, 0.29) is 11.1 Å². The van der Waals surface area contributed by atoms with Crippen molar-refractivity contribution in [1.29, 1.82) is 0 Å². The maximum Gasteiger partial charge on any atom is 0.195 e. The van der Waals surface area contributed by atoms with Crippen molar-refractivity contribution in [3.8, 4) is 0 Å². The average Bonchev–Trinajstić information content (AvgIpc) is 2.42. The van der Waals surface area contributed by atoms with Gasteiger partial charge in [-0.15, -0.1) is 0 Å². The minimum Gasteiger partial charge on any atom is -0.288 e. The molecule has 0 saturated carbocycles. The number of benzene rings is 2. The Morgan fingerprint density at radius 1 is 1.00 bits per heavy atom. The summed E-state index contributed by atoms with van der Waals surface area (Å²) in [6.45, 7) is 5.62. The van der Waals surface area contributed by atoms with Crippen LogP contribution >= 0.6 is 0 Å². The van der Waals surface area contributed by atoms with Gasteiger partial charge in [-0.1, -0.05) is 38.1 Å². The summed E-state index contributed by atoms with van der Waals surface area (Å²) in [4.78, 5) is 12.2. The number of carbonyl (C=O) groups is 1. The summed E-state index contributed by atoms with van der Waals surface area (Å²) in [5.41, 5.74) is 1.67. The van der Waals surface area contributed by atoms with Gasteiger partial charge in [-0.2, -0.15) is 0 Å². The first-order valence-corrected chi connectivity index (χ1v) is 6.50. The molecule has 0 aliphatic carbocycles. The Morgan fingerprint density at radius 3 is 2.15 bits per heavy atom. The molecule has 1 nitrogen and oxygen atoms in total. The molecule has 0 spiro atoms. The van der Waals surface area contributed by atoms with Gasteiger partial charge in [-0.25, -0.2) is 8.78 Å². The molecule has 0 amide bonds. The monoisotopic (exact) mass is 274 g/mol. The van der Waals surface area contributed by atoms with Gasteiger partial charge < -0.3 is 0 Å². The molecule has 0 N–H and O–H groups in total. The zero-order valence-electron chi connectivity index (χ0n) is 11.7. The van der Waals surface area contributed by atoms with Crippen LogP contribution < -0.4 is 0 Å². The number of aryl methyl sites for hydroxylation is 1. The number of rotatable bonds is 3. The molecule has 0 aliphatic rings. The Balaban J connectivity index is 2.38. The van der Waals surface area contributed by atoms with Gasteiger partial charge in [0.05, 0.1) is 5.56 Å². The minimum atomic E-state index is -0.828. The van der Waals surface area contributed by atoms with E-state index < -0.39 is 17.4 Å². The summed E-state index contributed by atoms with van der Waals surface area (Å²) in [7, 11) is 0. The summed E-state index contributed by atoms with van der Waals surface area (Å²) in [5, 5.41) is 0. The van der Waals surface area contributed by atoms with E-state index in [1.54, 1.807) is 12.1 Å². The molecule has 0 fully saturated rings. The summed E-state index contributed by atoms with van der Waals surface area (Å²) >= 11 is 0. The average molecular weight is 274 g/mol. The fourth-order valence-corrected chi connectivity index (χ4v) is 2.01. The second-order valence-electron chi connectivity index (χ2n) is 5.19. The molecule has 0 saturated heterocycles. The van der Waals surface area contributed by atoms with Crippen molar-refractivity contribution in [3.63, 3.8) is 0 Å². The normalized spacial score (nSPS) is 10.9. The molecule has 2 aromatic rings. The third-order valence-electron chi connectivity index (χ3n) is 3.33. The van der Waals surface area contributed by atoms with Gasteiger partial charge in [-0.05, 0) is 30.0 Å². The summed E-state index contributed by atoms with van der Waals surface area (Å²) < 4.78 is 26.9. The van der Waals surface area contributed by atoms with Crippen LogP contribution in [0.4, 0.5) is 8.78 Å². The smallest absolute Gasteiger partial charge is 0.195 e. The van der Waals surface area contributed by atoms with Gasteiger partial charge in [-0.3, -0.25) is 4.79 Å². The minimum absolute atomic E-state index is 0.0961. The zero-order chi connectivity index (χ0) is 14.9.